The lowest BCUT2D eigenvalue weighted by molar-refractivity contribution is -0.147. The third kappa shape index (κ3) is 5.11. The number of hydrogen-bond donors (Lipinski definition) is 1. The molecule has 0 heterocycles. The Balaban J connectivity index is 1.79. The summed E-state index contributed by atoms with van der Waals surface area (Å²) in [5, 5.41) is 0. The van der Waals surface area contributed by atoms with E-state index in [2.05, 4.69) is 0 Å². The lowest BCUT2D eigenvalue weighted by atomic mass is 10.1. The van der Waals surface area contributed by atoms with E-state index in [0.717, 1.165) is 31.2 Å². The summed E-state index contributed by atoms with van der Waals surface area (Å²) < 4.78 is 37.3. The fourth-order valence-corrected chi connectivity index (χ4v) is 2.30. The molecule has 2 N–H and O–H groups in total. The molecule has 5 heteroatoms. The summed E-state index contributed by atoms with van der Waals surface area (Å²) in [6.07, 6.45) is -0.801. The molecule has 0 aliphatic heterocycles. The van der Waals surface area contributed by atoms with E-state index in [1.165, 1.54) is 0 Å². The van der Waals surface area contributed by atoms with Crippen molar-refractivity contribution in [3.63, 3.8) is 0 Å². The molecule has 1 aromatic carbocycles. The molecule has 0 aromatic heterocycles. The van der Waals surface area contributed by atoms with E-state index < -0.39 is 12.7 Å². The van der Waals surface area contributed by atoms with Gasteiger partial charge in [-0.05, 0) is 49.9 Å². The first-order valence-electron chi connectivity index (χ1n) is 6.59. The molecule has 2 rings (SSSR count). The quantitative estimate of drug-likeness (QED) is 0.806. The first kappa shape index (κ1) is 14.2. The van der Waals surface area contributed by atoms with Crippen LogP contribution in [0.1, 0.15) is 24.8 Å². The molecule has 0 unspecified atom stereocenters. The van der Waals surface area contributed by atoms with Crippen molar-refractivity contribution < 1.29 is 13.2 Å². The maximum atomic E-state index is 12.4. The summed E-state index contributed by atoms with van der Waals surface area (Å²) in [5.41, 5.74) is 7.46. The average Bonchev–Trinajstić information content (AvgIpc) is 3.10. The van der Waals surface area contributed by atoms with Crippen LogP contribution in [-0.4, -0.2) is 30.2 Å². The van der Waals surface area contributed by atoms with Crippen molar-refractivity contribution in [3.8, 4) is 0 Å². The predicted molar refractivity (Wildman–Crippen MR) is 69.8 cm³/mol. The van der Waals surface area contributed by atoms with Crippen LogP contribution >= 0.6 is 0 Å². The Morgan fingerprint density at radius 2 is 2.00 bits per heavy atom. The number of rotatable bonds is 6. The third-order valence-electron chi connectivity index (χ3n) is 3.31. The number of halogens is 3. The first-order valence-corrected chi connectivity index (χ1v) is 6.59. The highest BCUT2D eigenvalue weighted by Crippen LogP contribution is 2.30. The van der Waals surface area contributed by atoms with Crippen LogP contribution in [0.3, 0.4) is 0 Å². The summed E-state index contributed by atoms with van der Waals surface area (Å²) in [6.45, 7) is -0.284. The van der Waals surface area contributed by atoms with E-state index >= 15 is 0 Å². The van der Waals surface area contributed by atoms with Gasteiger partial charge in [0.25, 0.3) is 0 Å². The van der Waals surface area contributed by atoms with Crippen molar-refractivity contribution in [1.29, 1.82) is 0 Å². The first-order chi connectivity index (χ1) is 8.94. The second-order valence-corrected chi connectivity index (χ2v) is 5.17. The van der Waals surface area contributed by atoms with E-state index in [-0.39, 0.29) is 6.04 Å². The number of nitrogen functional groups attached to an aromatic ring is 1. The van der Waals surface area contributed by atoms with Gasteiger partial charge in [0.2, 0.25) is 0 Å². The second-order valence-electron chi connectivity index (χ2n) is 5.17. The summed E-state index contributed by atoms with van der Waals surface area (Å²) in [4.78, 5) is 1.56. The van der Waals surface area contributed by atoms with Crippen LogP contribution in [-0.2, 0) is 6.42 Å². The van der Waals surface area contributed by atoms with Crippen LogP contribution in [0.4, 0.5) is 18.9 Å². The van der Waals surface area contributed by atoms with Gasteiger partial charge in [0.1, 0.15) is 0 Å². The Bertz CT molecular complexity index is 413. The fraction of sp³-hybridized carbons (Fsp3) is 0.571. The fourth-order valence-electron chi connectivity index (χ4n) is 2.30. The molecular formula is C14H19F3N2. The molecule has 0 spiro atoms. The van der Waals surface area contributed by atoms with E-state index in [1.807, 2.05) is 24.3 Å². The van der Waals surface area contributed by atoms with Crippen LogP contribution in [0.15, 0.2) is 24.3 Å². The van der Waals surface area contributed by atoms with Gasteiger partial charge in [-0.25, -0.2) is 0 Å². The molecule has 0 saturated heterocycles. The number of alkyl halides is 3. The molecule has 0 atom stereocenters. The van der Waals surface area contributed by atoms with Crippen LogP contribution in [0.25, 0.3) is 0 Å². The van der Waals surface area contributed by atoms with Crippen LogP contribution in [0.5, 0.6) is 0 Å². The van der Waals surface area contributed by atoms with Gasteiger partial charge in [-0.2, -0.15) is 13.2 Å². The van der Waals surface area contributed by atoms with Crippen LogP contribution in [0, 0.1) is 0 Å². The number of anilines is 1. The summed E-state index contributed by atoms with van der Waals surface area (Å²) >= 11 is 0. The smallest absolute Gasteiger partial charge is 0.399 e. The molecule has 0 radical (unpaired) electrons. The van der Waals surface area contributed by atoms with Crippen molar-refractivity contribution in [2.75, 3.05) is 18.8 Å². The Morgan fingerprint density at radius 1 is 1.26 bits per heavy atom. The number of nitrogens with two attached hydrogens (primary N) is 1. The monoisotopic (exact) mass is 272 g/mol. The zero-order chi connectivity index (χ0) is 13.9. The molecule has 1 fully saturated rings. The topological polar surface area (TPSA) is 29.3 Å². The predicted octanol–water partition coefficient (Wildman–Crippen LogP) is 3.23. The van der Waals surface area contributed by atoms with Gasteiger partial charge in [0.05, 0.1) is 6.54 Å². The largest absolute Gasteiger partial charge is 0.401 e. The van der Waals surface area contributed by atoms with Crippen molar-refractivity contribution in [3.05, 3.63) is 29.8 Å². The highest BCUT2D eigenvalue weighted by Gasteiger charge is 2.37. The van der Waals surface area contributed by atoms with Gasteiger partial charge in [-0.3, -0.25) is 4.90 Å². The number of nitrogens with zero attached hydrogens (tertiary/aromatic N) is 1. The van der Waals surface area contributed by atoms with Crippen molar-refractivity contribution >= 4 is 5.69 Å². The average molecular weight is 272 g/mol. The molecule has 106 valence electrons. The number of hydrogen-bond acceptors (Lipinski definition) is 2. The molecule has 1 aliphatic rings. The zero-order valence-corrected chi connectivity index (χ0v) is 10.8. The maximum Gasteiger partial charge on any atom is 0.401 e. The molecule has 1 aliphatic carbocycles. The van der Waals surface area contributed by atoms with Gasteiger partial charge in [0.15, 0.2) is 0 Å². The molecule has 0 amide bonds. The van der Waals surface area contributed by atoms with Gasteiger partial charge in [-0.1, -0.05) is 12.1 Å². The normalized spacial score (nSPS) is 16.0. The second kappa shape index (κ2) is 5.82. The van der Waals surface area contributed by atoms with Gasteiger partial charge in [-0.15, -0.1) is 0 Å². The van der Waals surface area contributed by atoms with E-state index in [9.17, 15) is 13.2 Å². The molecule has 0 bridgehead atoms. The SMILES string of the molecule is Nc1cccc(CCCN(CC(F)(F)F)C2CC2)c1. The minimum Gasteiger partial charge on any atom is -0.399 e. The van der Waals surface area contributed by atoms with E-state index in [4.69, 9.17) is 5.73 Å². The number of benzene rings is 1. The van der Waals surface area contributed by atoms with E-state index in [0.29, 0.717) is 12.2 Å². The van der Waals surface area contributed by atoms with Crippen LogP contribution < -0.4 is 5.73 Å². The summed E-state index contributed by atoms with van der Waals surface area (Å²) in [5.74, 6) is 0. The number of aryl methyl sites for hydroxylation is 1. The van der Waals surface area contributed by atoms with Gasteiger partial charge >= 0.3 is 6.18 Å². The van der Waals surface area contributed by atoms with Crippen molar-refractivity contribution in [2.45, 2.75) is 37.9 Å². The molecule has 1 aromatic rings. The van der Waals surface area contributed by atoms with E-state index in [1.54, 1.807) is 4.90 Å². The summed E-state index contributed by atoms with van der Waals surface area (Å²) in [6, 6.07) is 7.66. The zero-order valence-electron chi connectivity index (χ0n) is 10.8. The molecule has 19 heavy (non-hydrogen) atoms. The summed E-state index contributed by atoms with van der Waals surface area (Å²) in [7, 11) is 0. The Hall–Kier alpha value is -1.23. The molecule has 1 saturated carbocycles. The van der Waals surface area contributed by atoms with Crippen molar-refractivity contribution in [2.24, 2.45) is 0 Å². The van der Waals surface area contributed by atoms with Crippen LogP contribution in [0.2, 0.25) is 0 Å². The minimum atomic E-state index is -4.10. The van der Waals surface area contributed by atoms with Gasteiger partial charge in [0, 0.05) is 11.7 Å². The highest BCUT2D eigenvalue weighted by atomic mass is 19.4. The highest BCUT2D eigenvalue weighted by molar-refractivity contribution is 5.40. The third-order valence-corrected chi connectivity index (χ3v) is 3.31. The Kier molecular flexibility index (Phi) is 4.34. The molecule has 2 nitrogen and oxygen atoms in total. The Labute approximate surface area is 111 Å². The van der Waals surface area contributed by atoms with Crippen molar-refractivity contribution in [1.82, 2.24) is 4.90 Å². The molecular weight excluding hydrogens is 253 g/mol. The Morgan fingerprint density at radius 3 is 2.58 bits per heavy atom. The standard InChI is InChI=1S/C14H19F3N2/c15-14(16,17)10-19(13-6-7-13)8-2-4-11-3-1-5-12(18)9-11/h1,3,5,9,13H,2,4,6-8,10,18H2. The maximum absolute atomic E-state index is 12.4. The van der Waals surface area contributed by atoms with Gasteiger partial charge < -0.3 is 5.73 Å². The lowest BCUT2D eigenvalue weighted by Gasteiger charge is -2.23. The minimum absolute atomic E-state index is 0.141. The lowest BCUT2D eigenvalue weighted by Crippen LogP contribution is -2.36.